The Balaban J connectivity index is 1.62. The van der Waals surface area contributed by atoms with E-state index < -0.39 is 29.4 Å². The highest BCUT2D eigenvalue weighted by molar-refractivity contribution is 5.97. The van der Waals surface area contributed by atoms with Crippen LogP contribution >= 0.6 is 0 Å². The van der Waals surface area contributed by atoms with Crippen LogP contribution in [0.4, 0.5) is 11.6 Å². The van der Waals surface area contributed by atoms with Gasteiger partial charge < -0.3 is 32.5 Å². The van der Waals surface area contributed by atoms with Gasteiger partial charge in [0.25, 0.3) is 11.5 Å². The van der Waals surface area contributed by atoms with Gasteiger partial charge in [0.2, 0.25) is 11.4 Å². The molecule has 1 aromatic carbocycles. The van der Waals surface area contributed by atoms with Crippen molar-refractivity contribution in [3.63, 3.8) is 0 Å². The Morgan fingerprint density at radius 3 is 2.60 bits per heavy atom. The van der Waals surface area contributed by atoms with Crippen LogP contribution in [0.15, 0.2) is 35.3 Å². The van der Waals surface area contributed by atoms with Crippen molar-refractivity contribution in [1.29, 1.82) is 0 Å². The van der Waals surface area contributed by atoms with Gasteiger partial charge in [0, 0.05) is 30.8 Å². The predicted octanol–water partition coefficient (Wildman–Crippen LogP) is -1.64. The van der Waals surface area contributed by atoms with E-state index in [2.05, 4.69) is 35.9 Å². The molecule has 2 heterocycles. The van der Waals surface area contributed by atoms with Gasteiger partial charge in [-0.05, 0) is 35.7 Å². The van der Waals surface area contributed by atoms with Gasteiger partial charge in [-0.1, -0.05) is 0 Å². The van der Waals surface area contributed by atoms with Crippen LogP contribution < -0.4 is 38.0 Å². The van der Waals surface area contributed by atoms with E-state index in [0.29, 0.717) is 11.4 Å². The Morgan fingerprint density at radius 1 is 1.17 bits per heavy atom. The van der Waals surface area contributed by atoms with Crippen molar-refractivity contribution in [3.05, 3.63) is 52.1 Å². The van der Waals surface area contributed by atoms with Gasteiger partial charge in [-0.3, -0.25) is 24.2 Å². The van der Waals surface area contributed by atoms with Gasteiger partial charge in [-0.15, -0.1) is 0 Å². The summed E-state index contributed by atoms with van der Waals surface area (Å²) in [7, 11) is 0. The minimum Gasteiger partial charge on any atom is -0.481 e. The van der Waals surface area contributed by atoms with Crippen molar-refractivity contribution in [3.8, 4) is 0 Å². The number of nitrogens with zero attached hydrogens (tertiary/aromatic N) is 2. The summed E-state index contributed by atoms with van der Waals surface area (Å²) in [5, 5.41) is 17.1. The number of H-pyrrole nitrogens is 2. The van der Waals surface area contributed by atoms with E-state index in [9.17, 15) is 19.2 Å². The van der Waals surface area contributed by atoms with Crippen LogP contribution in [0.2, 0.25) is 0 Å². The number of rotatable bonds is 11. The number of fused-ring (bicyclic) bond motifs is 1. The topological polar surface area (TPSA) is 232 Å². The fraction of sp³-hybridized carbons (Fsp3) is 0.286. The molecule has 0 bridgehead atoms. The Hall–Kier alpha value is -4.59. The van der Waals surface area contributed by atoms with E-state index in [4.69, 9.17) is 16.6 Å². The van der Waals surface area contributed by atoms with E-state index in [1.54, 1.807) is 30.5 Å². The van der Waals surface area contributed by atoms with Crippen LogP contribution in [-0.2, 0) is 16.1 Å². The van der Waals surface area contributed by atoms with Crippen LogP contribution in [0.25, 0.3) is 11.2 Å². The second kappa shape index (κ2) is 11.5. The number of carboxylic acid groups (broad SMARTS) is 1. The van der Waals surface area contributed by atoms with Gasteiger partial charge in [0.1, 0.15) is 12.2 Å². The minimum absolute atomic E-state index is 0.0139. The number of aromatic amines is 2. The van der Waals surface area contributed by atoms with Gasteiger partial charge in [0.05, 0.1) is 12.2 Å². The summed E-state index contributed by atoms with van der Waals surface area (Å²) < 4.78 is 0. The third-order valence-electron chi connectivity index (χ3n) is 4.88. The summed E-state index contributed by atoms with van der Waals surface area (Å²) in [4.78, 5) is 61.2. The molecule has 0 radical (unpaired) electrons. The summed E-state index contributed by atoms with van der Waals surface area (Å²) in [6, 6.07) is 5.43. The largest absolute Gasteiger partial charge is 0.481 e. The first-order valence-corrected chi connectivity index (χ1v) is 10.7. The van der Waals surface area contributed by atoms with Crippen molar-refractivity contribution in [2.75, 3.05) is 24.1 Å². The lowest BCUT2D eigenvalue weighted by Crippen LogP contribution is -2.48. The molecule has 14 nitrogen and oxygen atoms in total. The number of hydrogen-bond donors (Lipinski definition) is 7. The number of carboxylic acids is 1. The molecule has 2 aromatic heterocycles. The SMILES string of the molecule is NCCNC(=O)C(CCC(=O)O)NC(=O)c1ccc(NCc2c[nH+]c3nc(N)[nH]c(=O)c3n2)cc1. The average Bonchev–Trinajstić information content (AvgIpc) is 2.83. The molecule has 0 aliphatic heterocycles. The Morgan fingerprint density at radius 2 is 1.91 bits per heavy atom. The lowest BCUT2D eigenvalue weighted by molar-refractivity contribution is -0.349. The number of aromatic nitrogens is 4. The quantitative estimate of drug-likeness (QED) is 0.164. The van der Waals surface area contributed by atoms with E-state index in [1.165, 1.54) is 0 Å². The fourth-order valence-corrected chi connectivity index (χ4v) is 3.14. The van der Waals surface area contributed by atoms with Crippen molar-refractivity contribution in [2.45, 2.75) is 25.4 Å². The second-order valence-electron chi connectivity index (χ2n) is 7.51. The molecule has 3 aromatic rings. The molecular formula is C21H26N9O5+. The Kier molecular flexibility index (Phi) is 8.24. The molecule has 10 N–H and O–H groups in total. The second-order valence-corrected chi connectivity index (χ2v) is 7.51. The molecular weight excluding hydrogens is 458 g/mol. The van der Waals surface area contributed by atoms with Crippen LogP contribution in [0.3, 0.4) is 0 Å². The molecule has 3 rings (SSSR count). The third-order valence-corrected chi connectivity index (χ3v) is 4.88. The van der Waals surface area contributed by atoms with Crippen molar-refractivity contribution < 1.29 is 24.5 Å². The number of carbonyl (C=O) groups is 3. The van der Waals surface area contributed by atoms with Crippen LogP contribution in [0, 0.1) is 0 Å². The summed E-state index contributed by atoms with van der Waals surface area (Å²) >= 11 is 0. The van der Waals surface area contributed by atoms with Gasteiger partial charge in [-0.2, -0.15) is 0 Å². The molecule has 35 heavy (non-hydrogen) atoms. The number of carbonyl (C=O) groups excluding carboxylic acids is 2. The lowest BCUT2D eigenvalue weighted by atomic mass is 10.1. The fourth-order valence-electron chi connectivity index (χ4n) is 3.14. The molecule has 184 valence electrons. The first-order valence-electron chi connectivity index (χ1n) is 10.7. The van der Waals surface area contributed by atoms with E-state index >= 15 is 0 Å². The lowest BCUT2D eigenvalue weighted by Gasteiger charge is -2.18. The van der Waals surface area contributed by atoms with E-state index in [0.717, 1.165) is 0 Å². The molecule has 1 unspecified atom stereocenters. The zero-order chi connectivity index (χ0) is 25.4. The third kappa shape index (κ3) is 6.94. The zero-order valence-corrected chi connectivity index (χ0v) is 18.6. The van der Waals surface area contributed by atoms with Crippen LogP contribution in [-0.4, -0.2) is 57.0 Å². The van der Waals surface area contributed by atoms with Crippen molar-refractivity contribution in [2.24, 2.45) is 5.73 Å². The van der Waals surface area contributed by atoms with Gasteiger partial charge >= 0.3 is 17.6 Å². The predicted molar refractivity (Wildman–Crippen MR) is 125 cm³/mol. The van der Waals surface area contributed by atoms with Gasteiger partial charge in [0.15, 0.2) is 0 Å². The number of nitrogen functional groups attached to an aromatic ring is 1. The number of nitrogens with one attached hydrogen (secondary N) is 5. The molecule has 0 aliphatic rings. The first kappa shape index (κ1) is 25.0. The standard InChI is InChI=1S/C21H25N9O5/c22-7-8-24-19(34)14(5-6-15(31)32)28-18(33)11-1-3-12(4-2-11)25-9-13-10-26-17-16(27-13)20(35)30-21(23)29-17/h1-4,10,14,25H,5-9,22H2,(H,24,34)(H,28,33)(H,31,32)(H3,23,26,29,30,35)/p+1. The summed E-state index contributed by atoms with van der Waals surface area (Å²) in [5.41, 5.74) is 12.3. The Bertz CT molecular complexity index is 1280. The maximum Gasteiger partial charge on any atom is 0.356 e. The highest BCUT2D eigenvalue weighted by atomic mass is 16.4. The van der Waals surface area contributed by atoms with Gasteiger partial charge in [-0.25, -0.2) is 9.97 Å². The first-order chi connectivity index (χ1) is 16.8. The van der Waals surface area contributed by atoms with E-state index in [-0.39, 0.29) is 55.2 Å². The molecule has 0 spiro atoms. The zero-order valence-electron chi connectivity index (χ0n) is 18.6. The summed E-state index contributed by atoms with van der Waals surface area (Å²) in [6.45, 7) is 0.705. The highest BCUT2D eigenvalue weighted by Gasteiger charge is 2.22. The van der Waals surface area contributed by atoms with E-state index in [1.807, 2.05) is 0 Å². The highest BCUT2D eigenvalue weighted by Crippen LogP contribution is 2.12. The summed E-state index contributed by atoms with van der Waals surface area (Å²) in [6.07, 6.45) is 1.26. The monoisotopic (exact) mass is 484 g/mol. The number of aliphatic carboxylic acids is 1. The smallest absolute Gasteiger partial charge is 0.356 e. The number of hydrogen-bond acceptors (Lipinski definition) is 9. The van der Waals surface area contributed by atoms with Crippen LogP contribution in [0.5, 0.6) is 0 Å². The molecule has 0 aliphatic carbocycles. The maximum absolute atomic E-state index is 12.6. The number of amides is 2. The van der Waals surface area contributed by atoms with Crippen molar-refractivity contribution >= 4 is 40.6 Å². The minimum atomic E-state index is -1.07. The number of benzene rings is 1. The molecule has 2 amide bonds. The normalized spacial score (nSPS) is 11.6. The molecule has 0 saturated heterocycles. The molecule has 1 atom stereocenters. The average molecular weight is 484 g/mol. The maximum atomic E-state index is 12.6. The molecule has 0 saturated carbocycles. The molecule has 14 heteroatoms. The molecule has 0 fully saturated rings. The number of anilines is 2. The van der Waals surface area contributed by atoms with Crippen molar-refractivity contribution in [1.82, 2.24) is 25.6 Å². The van der Waals surface area contributed by atoms with Crippen LogP contribution in [0.1, 0.15) is 28.9 Å². The Labute approximate surface area is 198 Å². The number of nitrogens with two attached hydrogens (primary N) is 2. The summed E-state index contributed by atoms with van der Waals surface area (Å²) in [5.74, 6) is -2.11.